The quantitative estimate of drug-likeness (QED) is 0.377. The summed E-state index contributed by atoms with van der Waals surface area (Å²) >= 11 is 0. The Morgan fingerprint density at radius 3 is 2.46 bits per heavy atom. The molecule has 1 aliphatic rings. The standard InChI is InChI=1S/C26H22F5NO6S/c1-25(35,24(33)34)10-9-18-14-32(39(36,37)19-4-2-3-16(12-19)26(29,30)31)22-11-15(5-8-23(22)38-18)20-13-17(27)6-7-21(20)28/h2-8,11-13,18,35H,9-10,14H2,1H3,(H,33,34)/t18-,25-/m0/s1. The maximum absolute atomic E-state index is 14.5. The predicted molar refractivity (Wildman–Crippen MR) is 130 cm³/mol. The first kappa shape index (κ1) is 28.3. The Morgan fingerprint density at radius 2 is 1.79 bits per heavy atom. The van der Waals surface area contributed by atoms with E-state index in [-0.39, 0.29) is 35.4 Å². The molecule has 0 fully saturated rings. The fourth-order valence-electron chi connectivity index (χ4n) is 4.09. The Bertz CT molecular complexity index is 1520. The molecule has 208 valence electrons. The van der Waals surface area contributed by atoms with Crippen molar-refractivity contribution in [2.24, 2.45) is 0 Å². The topological polar surface area (TPSA) is 104 Å². The molecule has 13 heteroatoms. The Morgan fingerprint density at radius 1 is 1.08 bits per heavy atom. The van der Waals surface area contributed by atoms with Crippen LogP contribution in [-0.2, 0) is 21.0 Å². The number of aliphatic carboxylic acids is 1. The minimum absolute atomic E-state index is 0.0441. The van der Waals surface area contributed by atoms with Gasteiger partial charge in [0.2, 0.25) is 0 Å². The van der Waals surface area contributed by atoms with Crippen LogP contribution in [-0.4, -0.2) is 42.8 Å². The summed E-state index contributed by atoms with van der Waals surface area (Å²) in [5, 5.41) is 19.3. The number of nitrogens with zero attached hydrogens (tertiary/aromatic N) is 1. The van der Waals surface area contributed by atoms with Crippen LogP contribution in [0.25, 0.3) is 11.1 Å². The second-order valence-corrected chi connectivity index (χ2v) is 11.1. The number of halogens is 5. The van der Waals surface area contributed by atoms with Crippen molar-refractivity contribution in [2.75, 3.05) is 10.8 Å². The Balaban J connectivity index is 1.81. The monoisotopic (exact) mass is 571 g/mol. The summed E-state index contributed by atoms with van der Waals surface area (Å²) in [7, 11) is -4.67. The van der Waals surface area contributed by atoms with Crippen LogP contribution in [0, 0.1) is 11.6 Å². The molecule has 3 aromatic carbocycles. The van der Waals surface area contributed by atoms with Crippen LogP contribution in [0.15, 0.2) is 65.6 Å². The molecule has 0 bridgehead atoms. The first-order chi connectivity index (χ1) is 18.1. The third kappa shape index (κ3) is 5.83. The van der Waals surface area contributed by atoms with Crippen molar-refractivity contribution in [3.8, 4) is 16.9 Å². The fraction of sp³-hybridized carbons (Fsp3) is 0.269. The first-order valence-corrected chi connectivity index (χ1v) is 13.0. The molecular weight excluding hydrogens is 549 g/mol. The van der Waals surface area contributed by atoms with E-state index in [0.717, 1.165) is 41.6 Å². The second kappa shape index (κ2) is 10.1. The maximum Gasteiger partial charge on any atom is 0.416 e. The number of fused-ring (bicyclic) bond motifs is 1. The molecule has 2 atom stereocenters. The zero-order chi connectivity index (χ0) is 28.8. The highest BCUT2D eigenvalue weighted by molar-refractivity contribution is 7.92. The van der Waals surface area contributed by atoms with Crippen molar-refractivity contribution >= 4 is 21.7 Å². The molecular formula is C26H22F5NO6S. The van der Waals surface area contributed by atoms with Crippen molar-refractivity contribution in [3.63, 3.8) is 0 Å². The molecule has 0 unspecified atom stereocenters. The zero-order valence-electron chi connectivity index (χ0n) is 20.2. The van der Waals surface area contributed by atoms with Gasteiger partial charge >= 0.3 is 12.1 Å². The van der Waals surface area contributed by atoms with Gasteiger partial charge in [-0.2, -0.15) is 13.2 Å². The molecule has 4 rings (SSSR count). The lowest BCUT2D eigenvalue weighted by molar-refractivity contribution is -0.157. The van der Waals surface area contributed by atoms with E-state index >= 15 is 0 Å². The van der Waals surface area contributed by atoms with E-state index < -0.39 is 62.5 Å². The van der Waals surface area contributed by atoms with Crippen LogP contribution in [0.5, 0.6) is 5.75 Å². The van der Waals surface area contributed by atoms with Gasteiger partial charge in [0.05, 0.1) is 22.7 Å². The number of carboxylic acid groups (broad SMARTS) is 1. The van der Waals surface area contributed by atoms with Crippen LogP contribution in [0.1, 0.15) is 25.3 Å². The van der Waals surface area contributed by atoms with Crippen molar-refractivity contribution in [3.05, 3.63) is 77.9 Å². The third-order valence-corrected chi connectivity index (χ3v) is 8.07. The molecule has 7 nitrogen and oxygen atoms in total. The molecule has 2 N–H and O–H groups in total. The largest absolute Gasteiger partial charge is 0.486 e. The van der Waals surface area contributed by atoms with E-state index in [1.165, 1.54) is 18.2 Å². The average molecular weight is 572 g/mol. The SMILES string of the molecule is C[C@](O)(CC[C@H]1CN(S(=O)(=O)c2cccc(C(F)(F)F)c2)c2cc(-c3cc(F)ccc3F)ccc2O1)C(=O)O. The summed E-state index contributed by atoms with van der Waals surface area (Å²) in [6.45, 7) is 0.597. The number of sulfonamides is 1. The highest BCUT2D eigenvalue weighted by Gasteiger charge is 2.39. The molecule has 0 radical (unpaired) electrons. The first-order valence-electron chi connectivity index (χ1n) is 11.5. The van der Waals surface area contributed by atoms with Crippen molar-refractivity contribution in [1.82, 2.24) is 0 Å². The second-order valence-electron chi connectivity index (χ2n) is 9.23. The fourth-order valence-corrected chi connectivity index (χ4v) is 5.63. The van der Waals surface area contributed by atoms with Gasteiger partial charge in [-0.25, -0.2) is 22.0 Å². The van der Waals surface area contributed by atoms with Crippen LogP contribution in [0.4, 0.5) is 27.6 Å². The summed E-state index contributed by atoms with van der Waals surface area (Å²) in [6, 6.07) is 9.68. The van der Waals surface area contributed by atoms with Gasteiger partial charge in [0, 0.05) is 5.56 Å². The maximum atomic E-state index is 14.5. The number of hydrogen-bond acceptors (Lipinski definition) is 5. The molecule has 0 saturated carbocycles. The summed E-state index contributed by atoms with van der Waals surface area (Å²) < 4.78 is 102. The number of anilines is 1. The number of carbonyl (C=O) groups is 1. The summed E-state index contributed by atoms with van der Waals surface area (Å²) in [5.74, 6) is -3.10. The average Bonchev–Trinajstić information content (AvgIpc) is 2.87. The minimum atomic E-state index is -4.82. The highest BCUT2D eigenvalue weighted by atomic mass is 32.2. The van der Waals surface area contributed by atoms with Crippen molar-refractivity contribution < 1.29 is 50.1 Å². The van der Waals surface area contributed by atoms with E-state index in [2.05, 4.69) is 0 Å². The number of alkyl halides is 3. The highest BCUT2D eigenvalue weighted by Crippen LogP contribution is 2.42. The summed E-state index contributed by atoms with van der Waals surface area (Å²) in [4.78, 5) is 10.6. The van der Waals surface area contributed by atoms with Crippen molar-refractivity contribution in [1.29, 1.82) is 0 Å². The Kier molecular flexibility index (Phi) is 7.34. The number of hydrogen-bond donors (Lipinski definition) is 2. The molecule has 0 saturated heterocycles. The molecule has 0 aliphatic carbocycles. The molecule has 39 heavy (non-hydrogen) atoms. The van der Waals surface area contributed by atoms with Gasteiger partial charge in [0.25, 0.3) is 10.0 Å². The van der Waals surface area contributed by atoms with Crippen LogP contribution in [0.3, 0.4) is 0 Å². The van der Waals surface area contributed by atoms with Crippen LogP contribution >= 0.6 is 0 Å². The normalized spacial score (nSPS) is 17.2. The lowest BCUT2D eigenvalue weighted by Gasteiger charge is -2.36. The van der Waals surface area contributed by atoms with Gasteiger partial charge in [-0.1, -0.05) is 12.1 Å². The van der Waals surface area contributed by atoms with Gasteiger partial charge in [-0.15, -0.1) is 0 Å². The third-order valence-electron chi connectivity index (χ3n) is 6.29. The molecule has 0 aromatic heterocycles. The molecule has 0 amide bonds. The van der Waals surface area contributed by atoms with E-state index in [1.54, 1.807) is 0 Å². The molecule has 1 heterocycles. The van der Waals surface area contributed by atoms with Crippen LogP contribution in [0.2, 0.25) is 0 Å². The smallest absolute Gasteiger partial charge is 0.416 e. The minimum Gasteiger partial charge on any atom is -0.486 e. The van der Waals surface area contributed by atoms with E-state index in [1.807, 2.05) is 0 Å². The molecule has 0 spiro atoms. The Hall–Kier alpha value is -3.71. The lowest BCUT2D eigenvalue weighted by atomic mass is 9.97. The predicted octanol–water partition coefficient (Wildman–Crippen LogP) is 5.22. The number of benzene rings is 3. The van der Waals surface area contributed by atoms with E-state index in [0.29, 0.717) is 12.1 Å². The van der Waals surface area contributed by atoms with Gasteiger partial charge in [-0.05, 0) is 73.9 Å². The van der Waals surface area contributed by atoms with Gasteiger partial charge in [-0.3, -0.25) is 4.31 Å². The van der Waals surface area contributed by atoms with E-state index in [4.69, 9.17) is 4.74 Å². The number of ether oxygens (including phenoxy) is 1. The molecule has 3 aromatic rings. The van der Waals surface area contributed by atoms with Gasteiger partial charge in [0.15, 0.2) is 5.60 Å². The Labute approximate surface area is 220 Å². The summed E-state index contributed by atoms with van der Waals surface area (Å²) in [6.07, 6.45) is -6.28. The number of aliphatic hydroxyl groups is 1. The van der Waals surface area contributed by atoms with Crippen LogP contribution < -0.4 is 9.04 Å². The number of carboxylic acids is 1. The van der Waals surface area contributed by atoms with Gasteiger partial charge in [0.1, 0.15) is 23.5 Å². The summed E-state index contributed by atoms with van der Waals surface area (Å²) in [5.41, 5.74) is -3.59. The number of rotatable bonds is 7. The van der Waals surface area contributed by atoms with E-state index in [9.17, 15) is 45.4 Å². The lowest BCUT2D eigenvalue weighted by Crippen LogP contribution is -2.45. The zero-order valence-corrected chi connectivity index (χ0v) is 21.1. The van der Waals surface area contributed by atoms with Crippen molar-refractivity contribution in [2.45, 2.75) is 42.5 Å². The molecule has 1 aliphatic heterocycles. The van der Waals surface area contributed by atoms with Gasteiger partial charge < -0.3 is 14.9 Å².